The molecule has 0 aliphatic carbocycles. The van der Waals surface area contributed by atoms with Gasteiger partial charge in [-0.3, -0.25) is 4.79 Å². The number of unbranched alkanes of at least 4 members (excludes halogenated alkanes) is 5. The Kier molecular flexibility index (Phi) is 21.0. The zero-order chi connectivity index (χ0) is 20.7. The van der Waals surface area contributed by atoms with Gasteiger partial charge >= 0.3 is 7.95 Å². The van der Waals surface area contributed by atoms with Crippen molar-refractivity contribution in [2.24, 2.45) is 0 Å². The predicted molar refractivity (Wildman–Crippen MR) is 120 cm³/mol. The van der Waals surface area contributed by atoms with E-state index in [1.165, 1.54) is 19.3 Å². The van der Waals surface area contributed by atoms with Gasteiger partial charge in [0, 0.05) is 6.42 Å². The Bertz CT molecular complexity index is 476. The number of carbonyl (C=O) groups excluding carboxylic acids is 1. The summed E-state index contributed by atoms with van der Waals surface area (Å²) in [6.07, 6.45) is 24.1. The molecule has 0 aromatic heterocycles. The van der Waals surface area contributed by atoms with Crippen LogP contribution in [0.15, 0.2) is 36.5 Å². The van der Waals surface area contributed by atoms with Crippen LogP contribution in [0.4, 0.5) is 0 Å². The first-order valence-electron chi connectivity index (χ1n) is 10.7. The number of hydrogen-bond acceptors (Lipinski definition) is 3. The van der Waals surface area contributed by atoms with Gasteiger partial charge in [-0.1, -0.05) is 67.2 Å². The first kappa shape index (κ1) is 26.7. The number of nitrogens with one attached hydrogen (secondary N) is 2. The smallest absolute Gasteiger partial charge is 0.395 e. The van der Waals surface area contributed by atoms with E-state index in [2.05, 4.69) is 53.8 Å². The second kappa shape index (κ2) is 22.0. The summed E-state index contributed by atoms with van der Waals surface area (Å²) in [4.78, 5) is 11.7. The predicted octanol–water partition coefficient (Wildman–Crippen LogP) is 5.02. The van der Waals surface area contributed by atoms with E-state index in [0.29, 0.717) is 25.7 Å². The third-order valence-corrected chi connectivity index (χ3v) is 5.30. The molecule has 1 unspecified atom stereocenters. The molecule has 1 atom stereocenters. The van der Waals surface area contributed by atoms with Crippen LogP contribution in [0.25, 0.3) is 0 Å². The van der Waals surface area contributed by atoms with Crippen molar-refractivity contribution in [2.75, 3.05) is 25.9 Å². The van der Waals surface area contributed by atoms with Crippen molar-refractivity contribution in [3.8, 4) is 0 Å². The van der Waals surface area contributed by atoms with Crippen molar-refractivity contribution in [1.29, 1.82) is 0 Å². The molecule has 6 heteroatoms. The number of carbonyl (C=O) groups is 1. The molecule has 160 valence electrons. The van der Waals surface area contributed by atoms with Crippen LogP contribution in [0, 0.1) is 0 Å². The zero-order valence-electron chi connectivity index (χ0n) is 17.6. The summed E-state index contributed by atoms with van der Waals surface area (Å²) >= 11 is 0. The van der Waals surface area contributed by atoms with Crippen LogP contribution in [-0.4, -0.2) is 36.9 Å². The van der Waals surface area contributed by atoms with Gasteiger partial charge < -0.3 is 10.4 Å². The average Bonchev–Trinajstić information content (AvgIpc) is 2.69. The summed E-state index contributed by atoms with van der Waals surface area (Å²) in [7, 11) is -1.54. The molecule has 1 amide bonds. The Labute approximate surface area is 172 Å². The Balaban J connectivity index is 3.38. The van der Waals surface area contributed by atoms with Gasteiger partial charge in [-0.25, -0.2) is 0 Å². The molecular weight excluding hydrogens is 371 g/mol. The van der Waals surface area contributed by atoms with E-state index in [4.69, 9.17) is 5.11 Å². The molecule has 0 aliphatic heterocycles. The van der Waals surface area contributed by atoms with Crippen LogP contribution in [0.3, 0.4) is 0 Å². The first-order valence-corrected chi connectivity index (χ1v) is 12.2. The van der Waals surface area contributed by atoms with E-state index in [-0.39, 0.29) is 12.5 Å². The normalized spacial score (nSPS) is 12.4. The lowest BCUT2D eigenvalue weighted by molar-refractivity contribution is -0.121. The third-order valence-electron chi connectivity index (χ3n) is 4.09. The Hall–Kier alpha value is -1.29. The van der Waals surface area contributed by atoms with E-state index in [1.54, 1.807) is 0 Å². The van der Waals surface area contributed by atoms with Crippen molar-refractivity contribution in [2.45, 2.75) is 71.1 Å². The molecule has 0 bridgehead atoms. The Morgan fingerprint density at radius 2 is 1.54 bits per heavy atom. The minimum Gasteiger partial charge on any atom is -0.395 e. The van der Waals surface area contributed by atoms with Gasteiger partial charge in [-0.05, 0) is 38.5 Å². The monoisotopic (exact) mass is 411 g/mol. The van der Waals surface area contributed by atoms with Crippen molar-refractivity contribution >= 4 is 13.9 Å². The fraction of sp³-hybridized carbons (Fsp3) is 0.682. The van der Waals surface area contributed by atoms with Crippen molar-refractivity contribution in [3.63, 3.8) is 0 Å². The number of hydrogen-bond donors (Lipinski definition) is 3. The summed E-state index contributed by atoms with van der Waals surface area (Å²) in [5.41, 5.74) is 0. The highest BCUT2D eigenvalue weighted by Gasteiger charge is 2.13. The molecule has 0 aromatic carbocycles. The van der Waals surface area contributed by atoms with Crippen molar-refractivity contribution in [1.82, 2.24) is 10.4 Å². The lowest BCUT2D eigenvalue weighted by atomic mass is 10.1. The van der Waals surface area contributed by atoms with Crippen LogP contribution < -0.4 is 10.4 Å². The van der Waals surface area contributed by atoms with Crippen LogP contribution in [0.2, 0.25) is 0 Å². The van der Waals surface area contributed by atoms with Crippen molar-refractivity contribution < 1.29 is 14.5 Å². The minimum atomic E-state index is -1.54. The maximum atomic E-state index is 11.7. The molecule has 0 radical (unpaired) electrons. The highest BCUT2D eigenvalue weighted by molar-refractivity contribution is 7.42. The van der Waals surface area contributed by atoms with Gasteiger partial charge in [0.25, 0.3) is 0 Å². The highest BCUT2D eigenvalue weighted by Crippen LogP contribution is 2.11. The second-order valence-corrected chi connectivity index (χ2v) is 8.20. The van der Waals surface area contributed by atoms with Gasteiger partial charge in [0.2, 0.25) is 5.91 Å². The van der Waals surface area contributed by atoms with Gasteiger partial charge in [0.15, 0.2) is 6.16 Å². The quantitative estimate of drug-likeness (QED) is 0.158. The van der Waals surface area contributed by atoms with Crippen LogP contribution >= 0.6 is 7.95 Å². The lowest BCUT2D eigenvalue weighted by Gasteiger charge is -2.02. The maximum Gasteiger partial charge on any atom is 0.434 e. The number of allylic oxidation sites excluding steroid dienone is 6. The van der Waals surface area contributed by atoms with Crippen LogP contribution in [0.5, 0.6) is 0 Å². The molecule has 0 saturated carbocycles. The van der Waals surface area contributed by atoms with Gasteiger partial charge in [-0.15, -0.1) is 5.09 Å². The molecule has 0 rings (SSSR count). The highest BCUT2D eigenvalue weighted by atomic mass is 31.1. The third kappa shape index (κ3) is 21.0. The number of rotatable bonds is 19. The number of aliphatic hydroxyl groups excluding tert-OH is 1. The molecule has 0 aromatic rings. The molecule has 0 fully saturated rings. The molecule has 0 saturated heterocycles. The van der Waals surface area contributed by atoms with Gasteiger partial charge in [-0.2, -0.15) is 0 Å². The SMILES string of the molecule is CCC=CCC=CCC=CCCCCCCCC(=O)NCC[P+](=O)NCCO. The lowest BCUT2D eigenvalue weighted by Crippen LogP contribution is -2.26. The van der Waals surface area contributed by atoms with E-state index < -0.39 is 7.95 Å². The summed E-state index contributed by atoms with van der Waals surface area (Å²) in [6.45, 7) is 2.86. The summed E-state index contributed by atoms with van der Waals surface area (Å²) < 4.78 is 11.5. The molecule has 0 aliphatic rings. The first-order chi connectivity index (χ1) is 13.7. The molecule has 3 N–H and O–H groups in total. The van der Waals surface area contributed by atoms with E-state index in [1.807, 2.05) is 0 Å². The van der Waals surface area contributed by atoms with E-state index >= 15 is 0 Å². The number of aliphatic hydroxyl groups is 1. The maximum absolute atomic E-state index is 11.7. The number of amides is 1. The van der Waals surface area contributed by atoms with Crippen LogP contribution in [0.1, 0.15) is 71.1 Å². The fourth-order valence-corrected chi connectivity index (χ4v) is 3.37. The molecular formula is C22H40N2O3P+. The largest absolute Gasteiger partial charge is 0.434 e. The van der Waals surface area contributed by atoms with E-state index in [0.717, 1.165) is 38.5 Å². The Morgan fingerprint density at radius 1 is 0.893 bits per heavy atom. The summed E-state index contributed by atoms with van der Waals surface area (Å²) in [5, 5.41) is 14.1. The van der Waals surface area contributed by atoms with Crippen molar-refractivity contribution in [3.05, 3.63) is 36.5 Å². The zero-order valence-corrected chi connectivity index (χ0v) is 18.5. The molecule has 28 heavy (non-hydrogen) atoms. The standard InChI is InChI=1S/C22H39N2O3P/c1-2-3-4-5-6-7-8-9-10-11-12-13-14-15-16-17-22(26)23-19-21-28(27)24-18-20-25/h3-4,6-7,9-10,25H,2,5,8,11-21H2,1H3,(H-,23,24,26,27)/p+1. The van der Waals surface area contributed by atoms with E-state index in [9.17, 15) is 9.36 Å². The molecule has 5 nitrogen and oxygen atoms in total. The van der Waals surface area contributed by atoms with Gasteiger partial charge in [0.05, 0.1) is 19.7 Å². The van der Waals surface area contributed by atoms with Crippen LogP contribution in [-0.2, 0) is 9.36 Å². The summed E-state index contributed by atoms with van der Waals surface area (Å²) in [6, 6.07) is 0. The summed E-state index contributed by atoms with van der Waals surface area (Å²) in [5.74, 6) is 0.0340. The average molecular weight is 412 g/mol. The Morgan fingerprint density at radius 3 is 2.25 bits per heavy atom. The minimum absolute atomic E-state index is 0.0295. The second-order valence-electron chi connectivity index (χ2n) is 6.68. The van der Waals surface area contributed by atoms with Gasteiger partial charge in [0.1, 0.15) is 0 Å². The molecule has 0 heterocycles. The fourth-order valence-electron chi connectivity index (χ4n) is 2.54. The molecule has 0 spiro atoms. The topological polar surface area (TPSA) is 78.4 Å².